The Hall–Kier alpha value is -3.19. The fraction of sp³-hybridized carbons (Fsp3) is 0.111. The molecule has 25 heavy (non-hydrogen) atoms. The standard InChI is InChI=1S/C18H19FN4O2/c1-23(2)15-8-6-12(7-9-15)10-16(18(25)22-20)21-17(24)13-4-3-5-14(19)11-13/h3-11H,20H2,1-2H3,(H,21,24)(H,22,25). The maximum absolute atomic E-state index is 13.2. The first kappa shape index (κ1) is 18.2. The van der Waals surface area contributed by atoms with Crippen LogP contribution in [0.3, 0.4) is 0 Å². The predicted molar refractivity (Wildman–Crippen MR) is 94.9 cm³/mol. The van der Waals surface area contributed by atoms with E-state index in [0.717, 1.165) is 11.8 Å². The molecule has 0 radical (unpaired) electrons. The molecule has 6 nitrogen and oxygen atoms in total. The van der Waals surface area contributed by atoms with Crippen molar-refractivity contribution in [2.24, 2.45) is 5.84 Å². The lowest BCUT2D eigenvalue weighted by atomic mass is 10.1. The Bertz CT molecular complexity index is 801. The first-order valence-electron chi connectivity index (χ1n) is 7.47. The van der Waals surface area contributed by atoms with Crippen molar-refractivity contribution in [3.05, 3.63) is 71.2 Å². The molecule has 0 aliphatic heterocycles. The van der Waals surface area contributed by atoms with Crippen molar-refractivity contribution in [3.63, 3.8) is 0 Å². The maximum atomic E-state index is 13.2. The molecule has 0 spiro atoms. The van der Waals surface area contributed by atoms with Crippen LogP contribution in [0.2, 0.25) is 0 Å². The SMILES string of the molecule is CN(C)c1ccc(C=C(NC(=O)c2cccc(F)c2)C(=O)NN)cc1. The minimum absolute atomic E-state index is 0.0469. The molecule has 0 bridgehead atoms. The fourth-order valence-corrected chi connectivity index (χ4v) is 2.10. The van der Waals surface area contributed by atoms with Crippen LogP contribution in [0.15, 0.2) is 54.2 Å². The molecule has 7 heteroatoms. The molecule has 2 aromatic carbocycles. The van der Waals surface area contributed by atoms with E-state index in [1.807, 2.05) is 36.6 Å². The van der Waals surface area contributed by atoms with Gasteiger partial charge in [-0.2, -0.15) is 0 Å². The molecule has 0 saturated heterocycles. The molecule has 2 amide bonds. The molecular formula is C18H19FN4O2. The Morgan fingerprint density at radius 1 is 1.12 bits per heavy atom. The molecule has 2 rings (SSSR count). The zero-order chi connectivity index (χ0) is 18.4. The van der Waals surface area contributed by atoms with Gasteiger partial charge in [0.05, 0.1) is 0 Å². The topological polar surface area (TPSA) is 87.5 Å². The van der Waals surface area contributed by atoms with E-state index in [9.17, 15) is 14.0 Å². The number of halogens is 1. The summed E-state index contributed by atoms with van der Waals surface area (Å²) in [6.45, 7) is 0. The number of benzene rings is 2. The molecule has 0 fully saturated rings. The van der Waals surface area contributed by atoms with E-state index >= 15 is 0 Å². The van der Waals surface area contributed by atoms with E-state index < -0.39 is 17.6 Å². The number of hydrogen-bond acceptors (Lipinski definition) is 4. The van der Waals surface area contributed by atoms with Gasteiger partial charge >= 0.3 is 0 Å². The van der Waals surface area contributed by atoms with Crippen molar-refractivity contribution in [3.8, 4) is 0 Å². The summed E-state index contributed by atoms with van der Waals surface area (Å²) >= 11 is 0. The zero-order valence-electron chi connectivity index (χ0n) is 13.9. The number of hydrogen-bond donors (Lipinski definition) is 3. The van der Waals surface area contributed by atoms with Crippen molar-refractivity contribution < 1.29 is 14.0 Å². The molecule has 0 unspecified atom stereocenters. The lowest BCUT2D eigenvalue weighted by molar-refractivity contribution is -0.117. The van der Waals surface area contributed by atoms with Crippen molar-refractivity contribution >= 4 is 23.6 Å². The van der Waals surface area contributed by atoms with Crippen LogP contribution in [-0.4, -0.2) is 25.9 Å². The number of anilines is 1. The Labute approximate surface area is 145 Å². The highest BCUT2D eigenvalue weighted by atomic mass is 19.1. The smallest absolute Gasteiger partial charge is 0.281 e. The summed E-state index contributed by atoms with van der Waals surface area (Å²) in [5, 5.41) is 2.45. The van der Waals surface area contributed by atoms with Crippen molar-refractivity contribution in [1.82, 2.24) is 10.7 Å². The highest BCUT2D eigenvalue weighted by molar-refractivity contribution is 6.05. The number of amides is 2. The van der Waals surface area contributed by atoms with Gasteiger partial charge in [0.25, 0.3) is 11.8 Å². The summed E-state index contributed by atoms with van der Waals surface area (Å²) < 4.78 is 13.2. The largest absolute Gasteiger partial charge is 0.378 e. The van der Waals surface area contributed by atoms with Crippen LogP contribution in [0.1, 0.15) is 15.9 Å². The highest BCUT2D eigenvalue weighted by Gasteiger charge is 2.14. The second-order valence-electron chi connectivity index (χ2n) is 5.48. The van der Waals surface area contributed by atoms with Crippen molar-refractivity contribution in [2.45, 2.75) is 0 Å². The van der Waals surface area contributed by atoms with Gasteiger partial charge in [0.1, 0.15) is 11.5 Å². The predicted octanol–water partition coefficient (Wildman–Crippen LogP) is 1.65. The minimum Gasteiger partial charge on any atom is -0.378 e. The van der Waals surface area contributed by atoms with Gasteiger partial charge in [0.2, 0.25) is 0 Å². The Morgan fingerprint density at radius 2 is 1.80 bits per heavy atom. The van der Waals surface area contributed by atoms with Crippen LogP contribution in [0.5, 0.6) is 0 Å². The molecule has 0 aliphatic carbocycles. The second-order valence-corrected chi connectivity index (χ2v) is 5.48. The van der Waals surface area contributed by atoms with Gasteiger partial charge in [-0.15, -0.1) is 0 Å². The van der Waals surface area contributed by atoms with Gasteiger partial charge in [-0.1, -0.05) is 18.2 Å². The quantitative estimate of drug-likeness (QED) is 0.334. The normalized spacial score (nSPS) is 11.0. The van der Waals surface area contributed by atoms with Gasteiger partial charge < -0.3 is 10.2 Å². The Kier molecular flexibility index (Phi) is 5.86. The summed E-state index contributed by atoms with van der Waals surface area (Å²) in [5.41, 5.74) is 3.72. The lowest BCUT2D eigenvalue weighted by Crippen LogP contribution is -2.38. The Morgan fingerprint density at radius 3 is 2.36 bits per heavy atom. The summed E-state index contributed by atoms with van der Waals surface area (Å²) in [5.74, 6) is 3.35. The van der Waals surface area contributed by atoms with Crippen LogP contribution in [0.25, 0.3) is 6.08 Å². The van der Waals surface area contributed by atoms with E-state index in [2.05, 4.69) is 5.32 Å². The third-order valence-electron chi connectivity index (χ3n) is 3.43. The zero-order valence-corrected chi connectivity index (χ0v) is 13.9. The molecule has 0 aliphatic rings. The van der Waals surface area contributed by atoms with Gasteiger partial charge in [-0.3, -0.25) is 15.0 Å². The van der Waals surface area contributed by atoms with Gasteiger partial charge in [0.15, 0.2) is 0 Å². The van der Waals surface area contributed by atoms with E-state index in [0.29, 0.717) is 5.56 Å². The molecule has 0 saturated carbocycles. The molecule has 0 heterocycles. The minimum atomic E-state index is -0.665. The highest BCUT2D eigenvalue weighted by Crippen LogP contribution is 2.14. The summed E-state index contributed by atoms with van der Waals surface area (Å²) in [4.78, 5) is 26.1. The summed E-state index contributed by atoms with van der Waals surface area (Å²) in [7, 11) is 3.83. The molecule has 0 aromatic heterocycles. The number of nitrogens with zero attached hydrogens (tertiary/aromatic N) is 1. The number of rotatable bonds is 5. The van der Waals surface area contributed by atoms with Gasteiger partial charge in [-0.25, -0.2) is 10.2 Å². The van der Waals surface area contributed by atoms with E-state index in [-0.39, 0.29) is 11.3 Å². The second kappa shape index (κ2) is 8.07. The molecule has 130 valence electrons. The molecule has 0 atom stereocenters. The number of nitrogens with one attached hydrogen (secondary N) is 2. The third-order valence-corrected chi connectivity index (χ3v) is 3.43. The first-order chi connectivity index (χ1) is 11.9. The molecule has 4 N–H and O–H groups in total. The number of carbonyl (C=O) groups is 2. The summed E-state index contributed by atoms with van der Waals surface area (Å²) in [6.07, 6.45) is 1.48. The molecule has 2 aromatic rings. The average molecular weight is 342 g/mol. The van der Waals surface area contributed by atoms with Crippen LogP contribution >= 0.6 is 0 Å². The van der Waals surface area contributed by atoms with Crippen LogP contribution < -0.4 is 21.5 Å². The van der Waals surface area contributed by atoms with E-state index in [1.165, 1.54) is 24.3 Å². The summed E-state index contributed by atoms with van der Waals surface area (Å²) in [6, 6.07) is 12.5. The van der Waals surface area contributed by atoms with E-state index in [4.69, 9.17) is 5.84 Å². The molecular weight excluding hydrogens is 323 g/mol. The number of nitrogens with two attached hydrogens (primary N) is 1. The fourth-order valence-electron chi connectivity index (χ4n) is 2.10. The third kappa shape index (κ3) is 4.89. The number of hydrazine groups is 1. The monoisotopic (exact) mass is 342 g/mol. The van der Waals surface area contributed by atoms with Gasteiger partial charge in [0, 0.05) is 25.3 Å². The lowest BCUT2D eigenvalue weighted by Gasteiger charge is -2.12. The average Bonchev–Trinajstić information content (AvgIpc) is 2.60. The van der Waals surface area contributed by atoms with Gasteiger partial charge in [-0.05, 0) is 42.0 Å². The Balaban J connectivity index is 2.26. The number of carbonyl (C=O) groups excluding carboxylic acids is 2. The first-order valence-corrected chi connectivity index (χ1v) is 7.47. The van der Waals surface area contributed by atoms with Crippen molar-refractivity contribution in [2.75, 3.05) is 19.0 Å². The van der Waals surface area contributed by atoms with Crippen molar-refractivity contribution in [1.29, 1.82) is 0 Å². The van der Waals surface area contributed by atoms with Crippen LogP contribution in [0.4, 0.5) is 10.1 Å². The van der Waals surface area contributed by atoms with Crippen LogP contribution in [-0.2, 0) is 4.79 Å². The maximum Gasteiger partial charge on any atom is 0.281 e. The van der Waals surface area contributed by atoms with Crippen LogP contribution in [0, 0.1) is 5.82 Å². The van der Waals surface area contributed by atoms with E-state index in [1.54, 1.807) is 12.1 Å².